The molecule has 0 aliphatic heterocycles. The Bertz CT molecular complexity index is 687. The van der Waals surface area contributed by atoms with Crippen molar-refractivity contribution in [3.63, 3.8) is 0 Å². The molecule has 1 N–H and O–H groups in total. The van der Waals surface area contributed by atoms with Crippen LogP contribution in [0.5, 0.6) is 11.6 Å². The van der Waals surface area contributed by atoms with E-state index in [1.807, 2.05) is 13.2 Å². The van der Waals surface area contributed by atoms with E-state index >= 15 is 0 Å². The molecule has 0 bridgehead atoms. The van der Waals surface area contributed by atoms with Gasteiger partial charge >= 0.3 is 0 Å². The molecule has 0 atom stereocenters. The highest BCUT2D eigenvalue weighted by molar-refractivity contribution is 7.98. The first-order valence-electron chi connectivity index (χ1n) is 6.20. The van der Waals surface area contributed by atoms with E-state index in [9.17, 15) is 4.39 Å². The van der Waals surface area contributed by atoms with Gasteiger partial charge in [-0.1, -0.05) is 11.8 Å². The largest absolute Gasteiger partial charge is 0.439 e. The molecule has 1 aromatic heterocycles. The lowest BCUT2D eigenvalue weighted by Crippen LogP contribution is -2.02. The molecule has 7 heteroatoms. The molecule has 0 unspecified atom stereocenters. The van der Waals surface area contributed by atoms with Gasteiger partial charge in [0.2, 0.25) is 5.88 Å². The standard InChI is InChI=1S/C14H13FN4OS/c1-3-17-12-7-13(19-14(18-12)21-2)20-10-5-4-9(8-16)11(15)6-10/h4-7H,3H2,1-2H3,(H,17,18,19). The highest BCUT2D eigenvalue weighted by Gasteiger charge is 2.08. The predicted octanol–water partition coefficient (Wildman–Crippen LogP) is 3.43. The Hall–Kier alpha value is -2.33. The third-order valence-electron chi connectivity index (χ3n) is 2.51. The van der Waals surface area contributed by atoms with Crippen molar-refractivity contribution in [2.75, 3.05) is 18.1 Å². The SMILES string of the molecule is CCNc1cc(Oc2ccc(C#N)c(F)c2)nc(SC)n1. The molecule has 0 saturated carbocycles. The van der Waals surface area contributed by atoms with E-state index in [1.165, 1.54) is 23.9 Å². The number of nitrogens with one attached hydrogen (secondary N) is 1. The Kier molecular flexibility index (Phi) is 4.95. The lowest BCUT2D eigenvalue weighted by Gasteiger charge is -2.09. The topological polar surface area (TPSA) is 70.8 Å². The lowest BCUT2D eigenvalue weighted by molar-refractivity contribution is 0.451. The molecule has 2 aromatic rings. The average molecular weight is 304 g/mol. The van der Waals surface area contributed by atoms with Crippen molar-refractivity contribution >= 4 is 17.6 Å². The predicted molar refractivity (Wildman–Crippen MR) is 79.2 cm³/mol. The first kappa shape index (κ1) is 15.1. The molecule has 1 aromatic carbocycles. The highest BCUT2D eigenvalue weighted by Crippen LogP contribution is 2.25. The van der Waals surface area contributed by atoms with Gasteiger partial charge in [-0.15, -0.1) is 0 Å². The van der Waals surface area contributed by atoms with E-state index in [2.05, 4.69) is 15.3 Å². The minimum absolute atomic E-state index is 0.0248. The van der Waals surface area contributed by atoms with Crippen LogP contribution in [0.25, 0.3) is 0 Å². The van der Waals surface area contributed by atoms with Crippen molar-refractivity contribution in [3.8, 4) is 17.7 Å². The van der Waals surface area contributed by atoms with Gasteiger partial charge in [0.05, 0.1) is 5.56 Å². The lowest BCUT2D eigenvalue weighted by atomic mass is 10.2. The highest BCUT2D eigenvalue weighted by atomic mass is 32.2. The summed E-state index contributed by atoms with van der Waals surface area (Å²) in [5, 5.41) is 12.3. The summed E-state index contributed by atoms with van der Waals surface area (Å²) in [7, 11) is 0. The smallest absolute Gasteiger partial charge is 0.225 e. The van der Waals surface area contributed by atoms with Crippen LogP contribution in [0.4, 0.5) is 10.2 Å². The van der Waals surface area contributed by atoms with Crippen LogP contribution in [-0.4, -0.2) is 22.8 Å². The van der Waals surface area contributed by atoms with E-state index in [4.69, 9.17) is 10.00 Å². The number of rotatable bonds is 5. The van der Waals surface area contributed by atoms with Crippen molar-refractivity contribution < 1.29 is 9.13 Å². The van der Waals surface area contributed by atoms with E-state index in [-0.39, 0.29) is 11.3 Å². The van der Waals surface area contributed by atoms with Gasteiger partial charge in [-0.25, -0.2) is 9.37 Å². The van der Waals surface area contributed by atoms with Crippen molar-refractivity contribution in [3.05, 3.63) is 35.6 Å². The third kappa shape index (κ3) is 3.83. The first-order chi connectivity index (χ1) is 10.2. The van der Waals surface area contributed by atoms with Gasteiger partial charge in [-0.2, -0.15) is 10.2 Å². The molecule has 1 heterocycles. The summed E-state index contributed by atoms with van der Waals surface area (Å²) in [5.74, 6) is 0.608. The zero-order chi connectivity index (χ0) is 15.2. The number of benzene rings is 1. The summed E-state index contributed by atoms with van der Waals surface area (Å²) >= 11 is 1.38. The summed E-state index contributed by atoms with van der Waals surface area (Å²) in [6.07, 6.45) is 1.86. The van der Waals surface area contributed by atoms with Crippen LogP contribution in [0.1, 0.15) is 12.5 Å². The van der Waals surface area contributed by atoms with Crippen LogP contribution < -0.4 is 10.1 Å². The molecule has 5 nitrogen and oxygen atoms in total. The number of nitriles is 1. The molecule has 0 aliphatic rings. The molecule has 0 spiro atoms. The zero-order valence-electron chi connectivity index (χ0n) is 11.6. The summed E-state index contributed by atoms with van der Waals surface area (Å²) in [4.78, 5) is 8.48. The molecule has 0 amide bonds. The number of ether oxygens (including phenoxy) is 1. The second kappa shape index (κ2) is 6.90. The van der Waals surface area contributed by atoms with E-state index in [0.717, 1.165) is 12.6 Å². The van der Waals surface area contributed by atoms with Crippen LogP contribution in [0.15, 0.2) is 29.4 Å². The summed E-state index contributed by atoms with van der Waals surface area (Å²) in [6, 6.07) is 7.45. The van der Waals surface area contributed by atoms with Crippen LogP contribution in [-0.2, 0) is 0 Å². The Labute approximate surface area is 126 Å². The van der Waals surface area contributed by atoms with Gasteiger partial charge in [-0.3, -0.25) is 0 Å². The van der Waals surface area contributed by atoms with Crippen molar-refractivity contribution in [2.24, 2.45) is 0 Å². The maximum Gasteiger partial charge on any atom is 0.225 e. The maximum absolute atomic E-state index is 13.5. The van der Waals surface area contributed by atoms with Crippen LogP contribution >= 0.6 is 11.8 Å². The second-order valence-electron chi connectivity index (χ2n) is 3.96. The molecular weight excluding hydrogens is 291 g/mol. The Morgan fingerprint density at radius 1 is 1.38 bits per heavy atom. The molecule has 0 fully saturated rings. The number of hydrogen-bond donors (Lipinski definition) is 1. The van der Waals surface area contributed by atoms with Gasteiger partial charge in [-0.05, 0) is 25.3 Å². The molecule has 21 heavy (non-hydrogen) atoms. The minimum atomic E-state index is -0.624. The maximum atomic E-state index is 13.5. The summed E-state index contributed by atoms with van der Waals surface area (Å²) in [5.41, 5.74) is -0.0248. The molecule has 0 aliphatic carbocycles. The Morgan fingerprint density at radius 3 is 2.81 bits per heavy atom. The molecule has 0 saturated heterocycles. The summed E-state index contributed by atoms with van der Waals surface area (Å²) < 4.78 is 19.1. The quantitative estimate of drug-likeness (QED) is 0.674. The van der Waals surface area contributed by atoms with E-state index in [1.54, 1.807) is 12.1 Å². The van der Waals surface area contributed by atoms with Gasteiger partial charge in [0.15, 0.2) is 5.16 Å². The van der Waals surface area contributed by atoms with Crippen molar-refractivity contribution in [2.45, 2.75) is 12.1 Å². The van der Waals surface area contributed by atoms with Gasteiger partial charge in [0, 0.05) is 18.7 Å². The van der Waals surface area contributed by atoms with Gasteiger partial charge in [0.25, 0.3) is 0 Å². The fraction of sp³-hybridized carbons (Fsp3) is 0.214. The Morgan fingerprint density at radius 2 is 2.19 bits per heavy atom. The number of anilines is 1. The third-order valence-corrected chi connectivity index (χ3v) is 3.05. The number of aromatic nitrogens is 2. The number of halogens is 1. The second-order valence-corrected chi connectivity index (χ2v) is 4.74. The van der Waals surface area contributed by atoms with Gasteiger partial charge < -0.3 is 10.1 Å². The number of thioether (sulfide) groups is 1. The average Bonchev–Trinajstić information content (AvgIpc) is 2.47. The van der Waals surface area contributed by atoms with E-state index < -0.39 is 5.82 Å². The zero-order valence-corrected chi connectivity index (χ0v) is 12.4. The fourth-order valence-corrected chi connectivity index (χ4v) is 1.96. The van der Waals surface area contributed by atoms with Crippen molar-refractivity contribution in [1.29, 1.82) is 5.26 Å². The van der Waals surface area contributed by atoms with E-state index in [0.29, 0.717) is 16.9 Å². The van der Waals surface area contributed by atoms with Crippen LogP contribution in [0.3, 0.4) is 0 Å². The molecule has 108 valence electrons. The minimum Gasteiger partial charge on any atom is -0.439 e. The normalized spacial score (nSPS) is 10.0. The van der Waals surface area contributed by atoms with Crippen LogP contribution in [0, 0.1) is 17.1 Å². The number of hydrogen-bond acceptors (Lipinski definition) is 6. The van der Waals surface area contributed by atoms with Crippen LogP contribution in [0.2, 0.25) is 0 Å². The Balaban J connectivity index is 2.28. The van der Waals surface area contributed by atoms with Gasteiger partial charge in [0.1, 0.15) is 23.5 Å². The fourth-order valence-electron chi connectivity index (χ4n) is 1.59. The molecule has 2 rings (SSSR count). The number of nitrogens with zero attached hydrogens (tertiary/aromatic N) is 3. The molecular formula is C14H13FN4OS. The summed E-state index contributed by atoms with van der Waals surface area (Å²) in [6.45, 7) is 2.67. The monoisotopic (exact) mass is 304 g/mol. The molecule has 0 radical (unpaired) electrons. The van der Waals surface area contributed by atoms with Crippen molar-refractivity contribution in [1.82, 2.24) is 9.97 Å². The first-order valence-corrected chi connectivity index (χ1v) is 7.43.